The van der Waals surface area contributed by atoms with Gasteiger partial charge < -0.3 is 64.3 Å². The molecule has 1 saturated carbocycles. The molecule has 0 aromatic heterocycles. The minimum absolute atomic E-state index is 2.85. The lowest BCUT2D eigenvalue weighted by molar-refractivity contribution is -0.212. The lowest BCUT2D eigenvalue weighted by atomic mass is 9.85. The van der Waals surface area contributed by atoms with Crippen molar-refractivity contribution in [3.05, 3.63) is 0 Å². The first kappa shape index (κ1) is 38.8. The molecule has 0 amide bonds. The van der Waals surface area contributed by atoms with Crippen molar-refractivity contribution in [2.45, 2.75) is 36.6 Å². The van der Waals surface area contributed by atoms with Crippen molar-refractivity contribution in [1.82, 2.24) is 0 Å². The van der Waals surface area contributed by atoms with Crippen LogP contribution in [0.5, 0.6) is 0 Å². The number of phosphoric ester groups is 3. The number of phosphoric acid groups is 7. The Morgan fingerprint density at radius 3 is 0.900 bits per heavy atom. The van der Waals surface area contributed by atoms with E-state index in [0.717, 1.165) is 0 Å². The van der Waals surface area contributed by atoms with Crippen LogP contribution in [0.25, 0.3) is 0 Å². The third-order valence-corrected chi connectivity index (χ3v) is 11.8. The van der Waals surface area contributed by atoms with E-state index in [0.29, 0.717) is 0 Å². The highest BCUT2D eigenvalue weighted by molar-refractivity contribution is 7.66. The highest BCUT2D eigenvalue weighted by Gasteiger charge is 2.59. The van der Waals surface area contributed by atoms with Crippen LogP contribution in [0.15, 0.2) is 0 Å². The fourth-order valence-electron chi connectivity index (χ4n) is 2.60. The maximum atomic E-state index is 12.2. The molecule has 1 aliphatic carbocycles. The van der Waals surface area contributed by atoms with Gasteiger partial charge in [-0.2, -0.15) is 17.2 Å². The zero-order chi connectivity index (χ0) is 31.9. The van der Waals surface area contributed by atoms with Crippen molar-refractivity contribution in [1.29, 1.82) is 0 Å². The van der Waals surface area contributed by atoms with Crippen LogP contribution in [-0.4, -0.2) is 101 Å². The van der Waals surface area contributed by atoms with Crippen LogP contribution in [0.2, 0.25) is 0 Å². The van der Waals surface area contributed by atoms with Crippen LogP contribution >= 0.6 is 54.8 Å². The lowest BCUT2D eigenvalue weighted by Crippen LogP contribution is -2.65. The molecule has 27 nitrogen and oxygen atoms in total. The lowest BCUT2D eigenvalue weighted by Gasteiger charge is -2.45. The van der Waals surface area contributed by atoms with Crippen molar-refractivity contribution in [3.8, 4) is 0 Å². The predicted octanol–water partition coefficient (Wildman–Crippen LogP) is -3.02. The Morgan fingerprint density at radius 1 is 0.350 bits per heavy atom. The van der Waals surface area contributed by atoms with Gasteiger partial charge in [-0.15, -0.1) is 0 Å². The van der Waals surface area contributed by atoms with Gasteiger partial charge in [0.25, 0.3) is 0 Å². The largest absolute Gasteiger partial charge is 0.490 e. The summed E-state index contributed by atoms with van der Waals surface area (Å²) in [5.74, 6) is 0. The molecule has 10 unspecified atom stereocenters. The van der Waals surface area contributed by atoms with E-state index in [1.165, 1.54) is 0 Å². The number of rotatable bonds is 14. The summed E-state index contributed by atoms with van der Waals surface area (Å²) in [6.45, 7) is 0. The molecule has 34 heteroatoms. The van der Waals surface area contributed by atoms with Gasteiger partial charge >= 0.3 is 54.8 Å². The fraction of sp³-hybridized carbons (Fsp3) is 1.00. The molecular formula is C6H19O27P7. The molecule has 0 aliphatic heterocycles. The van der Waals surface area contributed by atoms with Crippen molar-refractivity contribution >= 4 is 54.8 Å². The molecule has 240 valence electrons. The Balaban J connectivity index is 3.61. The first-order valence-electron chi connectivity index (χ1n) is 8.77. The second-order valence-electron chi connectivity index (χ2n) is 6.85. The molecular weight excluding hydrogens is 721 g/mol. The standard InChI is InChI=1S/C6H19O27P7/c7-1-2(8)4(27-37(19,20)30-34(10,11)12)6(29-38(21,22)31-35(13,14)15)5(3(1)9)28-39(23,24)33-40(25,26)32-36(16,17)18/h1-9H,(H,19,20)(H,21,22)(H,23,24)(H,25,26)(H2,10,11,12)(H2,13,14,15)(H2,16,17,18). The summed E-state index contributed by atoms with van der Waals surface area (Å²) >= 11 is 0. The van der Waals surface area contributed by atoms with Crippen LogP contribution in [0.4, 0.5) is 0 Å². The van der Waals surface area contributed by atoms with Gasteiger partial charge in [0, 0.05) is 0 Å². The quantitative estimate of drug-likeness (QED) is 0.0788. The topological polar surface area (TPSA) is 447 Å². The first-order valence-corrected chi connectivity index (χ1v) is 19.3. The Hall–Kier alpha value is 0.810. The molecule has 0 heterocycles. The Morgan fingerprint density at radius 2 is 0.600 bits per heavy atom. The highest BCUT2D eigenvalue weighted by Crippen LogP contribution is 2.68. The first-order chi connectivity index (χ1) is 17.3. The molecule has 0 aromatic rings. The molecule has 0 bridgehead atoms. The maximum Gasteiger partial charge on any atom is 0.490 e. The van der Waals surface area contributed by atoms with Crippen molar-refractivity contribution < 1.29 is 127 Å². The van der Waals surface area contributed by atoms with E-state index in [4.69, 9.17) is 29.4 Å². The summed E-state index contributed by atoms with van der Waals surface area (Å²) in [5.41, 5.74) is 0. The normalized spacial score (nSPS) is 32.8. The molecule has 0 radical (unpaired) electrons. The van der Waals surface area contributed by atoms with Gasteiger partial charge in [-0.25, -0.2) is 32.0 Å². The molecule has 0 aromatic carbocycles. The van der Waals surface area contributed by atoms with Crippen LogP contribution in [0, 0.1) is 0 Å². The minimum atomic E-state index is -6.43. The summed E-state index contributed by atoms with van der Waals surface area (Å²) in [4.78, 5) is 90.0. The fourth-order valence-corrected chi connectivity index (χ4v) is 9.37. The number of aliphatic hydroxyl groups excluding tert-OH is 3. The average Bonchev–Trinajstić information content (AvgIpc) is 2.59. The van der Waals surface area contributed by atoms with E-state index < -0.39 is 91.4 Å². The third kappa shape index (κ3) is 13.6. The number of hydrogen-bond acceptors (Lipinski definition) is 17. The minimum Gasteiger partial charge on any atom is -0.387 e. The van der Waals surface area contributed by atoms with E-state index in [-0.39, 0.29) is 0 Å². The van der Waals surface area contributed by atoms with Gasteiger partial charge in [-0.05, 0) is 0 Å². The summed E-state index contributed by atoms with van der Waals surface area (Å²) in [7, 11) is -43.2. The average molecular weight is 740 g/mol. The summed E-state index contributed by atoms with van der Waals surface area (Å²) in [5, 5.41) is 30.3. The summed E-state index contributed by atoms with van der Waals surface area (Å²) < 4.78 is 106. The molecule has 1 aliphatic rings. The Labute approximate surface area is 219 Å². The second kappa shape index (κ2) is 13.0. The van der Waals surface area contributed by atoms with E-state index >= 15 is 0 Å². The van der Waals surface area contributed by atoms with Gasteiger partial charge in [0.2, 0.25) is 0 Å². The van der Waals surface area contributed by atoms with Gasteiger partial charge in [-0.3, -0.25) is 13.6 Å². The predicted molar refractivity (Wildman–Crippen MR) is 112 cm³/mol. The number of aliphatic hydroxyl groups is 3. The smallest absolute Gasteiger partial charge is 0.387 e. The zero-order valence-corrected chi connectivity index (χ0v) is 24.4. The van der Waals surface area contributed by atoms with Crippen molar-refractivity contribution in [2.75, 3.05) is 0 Å². The molecule has 10 atom stereocenters. The molecule has 0 saturated heterocycles. The van der Waals surface area contributed by atoms with Gasteiger partial charge in [-0.1, -0.05) is 0 Å². The van der Waals surface area contributed by atoms with Crippen molar-refractivity contribution in [3.63, 3.8) is 0 Å². The maximum absolute atomic E-state index is 12.2. The van der Waals surface area contributed by atoms with E-state index in [1.807, 2.05) is 0 Å². The van der Waals surface area contributed by atoms with Crippen LogP contribution < -0.4 is 0 Å². The van der Waals surface area contributed by atoms with Crippen LogP contribution in [0.1, 0.15) is 0 Å². The van der Waals surface area contributed by atoms with Crippen molar-refractivity contribution in [2.24, 2.45) is 0 Å². The SMILES string of the molecule is O=P(O)(O)OP(=O)(O)OC1C(O)C(O)C(O)C(OP(=O)(O)OP(=O)(O)OP(=O)(O)O)C1OP(=O)(O)OP(=O)(O)O. The van der Waals surface area contributed by atoms with Crippen LogP contribution in [0.3, 0.4) is 0 Å². The Kier molecular flexibility index (Phi) is 12.7. The monoisotopic (exact) mass is 740 g/mol. The van der Waals surface area contributed by atoms with E-state index in [2.05, 4.69) is 30.8 Å². The third-order valence-electron chi connectivity index (χ3n) is 3.62. The molecule has 1 rings (SSSR count). The molecule has 0 spiro atoms. The summed E-state index contributed by atoms with van der Waals surface area (Å²) in [6.07, 6.45) is -18.2. The van der Waals surface area contributed by atoms with Gasteiger partial charge in [0.05, 0.1) is 0 Å². The van der Waals surface area contributed by atoms with Gasteiger partial charge in [0.15, 0.2) is 0 Å². The molecule has 13 N–H and O–H groups in total. The molecule has 1 fully saturated rings. The number of hydrogen-bond donors (Lipinski definition) is 13. The zero-order valence-electron chi connectivity index (χ0n) is 18.1. The van der Waals surface area contributed by atoms with Crippen LogP contribution in [-0.2, 0) is 62.8 Å². The molecule has 40 heavy (non-hydrogen) atoms. The Bertz CT molecular complexity index is 1240. The summed E-state index contributed by atoms with van der Waals surface area (Å²) in [6, 6.07) is 0. The highest BCUT2D eigenvalue weighted by atomic mass is 31.3. The van der Waals surface area contributed by atoms with E-state index in [1.54, 1.807) is 0 Å². The van der Waals surface area contributed by atoms with Gasteiger partial charge in [0.1, 0.15) is 36.6 Å². The van der Waals surface area contributed by atoms with E-state index in [9.17, 15) is 66.8 Å². The second-order valence-corrected chi connectivity index (χ2v) is 16.8.